The van der Waals surface area contributed by atoms with Crippen LogP contribution in [0, 0.1) is 10.1 Å². The molecule has 7 heteroatoms. The van der Waals surface area contributed by atoms with Gasteiger partial charge < -0.3 is 14.2 Å². The largest absolute Gasteiger partial charge is 0.493 e. The van der Waals surface area contributed by atoms with Crippen molar-refractivity contribution >= 4 is 23.5 Å². The maximum atomic E-state index is 12.4. The summed E-state index contributed by atoms with van der Waals surface area (Å²) in [6.07, 6.45) is 2.99. The van der Waals surface area contributed by atoms with Crippen LogP contribution in [0.5, 0.6) is 11.5 Å². The van der Waals surface area contributed by atoms with E-state index in [4.69, 9.17) is 14.2 Å². The molecule has 0 radical (unpaired) electrons. The van der Waals surface area contributed by atoms with Gasteiger partial charge >= 0.3 is 5.97 Å². The Balaban J connectivity index is 2.01. The Labute approximate surface area is 174 Å². The zero-order valence-corrected chi connectivity index (χ0v) is 17.5. The van der Waals surface area contributed by atoms with E-state index < -0.39 is 10.9 Å². The summed E-state index contributed by atoms with van der Waals surface area (Å²) in [6.45, 7) is 6.36. The number of ether oxygens (including phenoxy) is 3. The zero-order valence-electron chi connectivity index (χ0n) is 17.5. The van der Waals surface area contributed by atoms with Crippen molar-refractivity contribution < 1.29 is 23.9 Å². The molecule has 0 aliphatic carbocycles. The summed E-state index contributed by atoms with van der Waals surface area (Å²) in [6, 6.07) is 10.5. The second kappa shape index (κ2) is 8.02. The molecule has 30 heavy (non-hydrogen) atoms. The van der Waals surface area contributed by atoms with E-state index in [1.54, 1.807) is 6.08 Å². The molecule has 2 aromatic rings. The van der Waals surface area contributed by atoms with Crippen molar-refractivity contribution in [2.75, 3.05) is 14.2 Å². The van der Waals surface area contributed by atoms with Crippen molar-refractivity contribution in [1.29, 1.82) is 0 Å². The van der Waals surface area contributed by atoms with Crippen molar-refractivity contribution in [3.8, 4) is 11.5 Å². The molecule has 0 unspecified atom stereocenters. The SMILES string of the molecule is COc1cc(/C=C2/C=C(c3ccc(C(C)(C)C)cc3)OC2=O)c([N+](=O)[O-])cc1OC. The van der Waals surface area contributed by atoms with Gasteiger partial charge in [0.05, 0.1) is 36.3 Å². The van der Waals surface area contributed by atoms with Crippen molar-refractivity contribution in [2.45, 2.75) is 26.2 Å². The number of hydrogen-bond donors (Lipinski definition) is 0. The summed E-state index contributed by atoms with van der Waals surface area (Å²) in [5.74, 6) is 0.377. The minimum Gasteiger partial charge on any atom is -0.493 e. The highest BCUT2D eigenvalue weighted by Crippen LogP contribution is 2.37. The van der Waals surface area contributed by atoms with Gasteiger partial charge in [0, 0.05) is 5.56 Å². The second-order valence-corrected chi connectivity index (χ2v) is 7.85. The van der Waals surface area contributed by atoms with E-state index in [2.05, 4.69) is 20.8 Å². The number of benzene rings is 2. The lowest BCUT2D eigenvalue weighted by Gasteiger charge is -2.19. The molecular formula is C23H23NO6. The molecule has 1 aliphatic rings. The van der Waals surface area contributed by atoms with Crippen molar-refractivity contribution in [2.24, 2.45) is 0 Å². The molecule has 0 spiro atoms. The van der Waals surface area contributed by atoms with Crippen LogP contribution in [0.2, 0.25) is 0 Å². The van der Waals surface area contributed by atoms with E-state index in [9.17, 15) is 14.9 Å². The minimum atomic E-state index is -0.575. The van der Waals surface area contributed by atoms with Gasteiger partial charge in [-0.15, -0.1) is 0 Å². The average molecular weight is 409 g/mol. The summed E-state index contributed by atoms with van der Waals surface area (Å²) in [5.41, 5.74) is 2.14. The molecule has 1 aliphatic heterocycles. The van der Waals surface area contributed by atoms with Gasteiger partial charge in [0.15, 0.2) is 11.5 Å². The highest BCUT2D eigenvalue weighted by atomic mass is 16.6. The Morgan fingerprint density at radius 2 is 1.63 bits per heavy atom. The fourth-order valence-corrected chi connectivity index (χ4v) is 3.09. The third kappa shape index (κ3) is 4.20. The molecule has 0 fully saturated rings. The van der Waals surface area contributed by atoms with Crippen molar-refractivity contribution in [3.05, 3.63) is 74.9 Å². The van der Waals surface area contributed by atoms with Gasteiger partial charge in [-0.25, -0.2) is 4.79 Å². The van der Waals surface area contributed by atoms with Crippen LogP contribution in [0.25, 0.3) is 11.8 Å². The first kappa shape index (κ1) is 21.1. The van der Waals surface area contributed by atoms with Crippen molar-refractivity contribution in [1.82, 2.24) is 0 Å². The van der Waals surface area contributed by atoms with E-state index in [0.717, 1.165) is 11.1 Å². The van der Waals surface area contributed by atoms with Crippen LogP contribution in [-0.4, -0.2) is 25.1 Å². The fraction of sp³-hybridized carbons (Fsp3) is 0.261. The van der Waals surface area contributed by atoms with Gasteiger partial charge in [-0.2, -0.15) is 0 Å². The number of carbonyl (C=O) groups is 1. The zero-order chi connectivity index (χ0) is 22.1. The summed E-state index contributed by atoms with van der Waals surface area (Å²) < 4.78 is 15.7. The Hall–Kier alpha value is -3.61. The first-order valence-corrected chi connectivity index (χ1v) is 9.31. The Morgan fingerprint density at radius 3 is 2.17 bits per heavy atom. The highest BCUT2D eigenvalue weighted by molar-refractivity contribution is 6.05. The molecule has 0 saturated heterocycles. The van der Waals surface area contributed by atoms with Crippen LogP contribution >= 0.6 is 0 Å². The summed E-state index contributed by atoms with van der Waals surface area (Å²) >= 11 is 0. The number of carbonyl (C=O) groups excluding carboxylic acids is 1. The van der Waals surface area contributed by atoms with E-state index in [1.807, 2.05) is 24.3 Å². The number of nitro groups is 1. The number of rotatable bonds is 5. The lowest BCUT2D eigenvalue weighted by Crippen LogP contribution is -2.10. The summed E-state index contributed by atoms with van der Waals surface area (Å²) in [4.78, 5) is 23.3. The molecule has 0 amide bonds. The van der Waals surface area contributed by atoms with Gasteiger partial charge in [0.25, 0.3) is 5.69 Å². The first-order valence-electron chi connectivity index (χ1n) is 9.31. The molecule has 2 aromatic carbocycles. The van der Waals surface area contributed by atoms with Gasteiger partial charge in [-0.05, 0) is 29.2 Å². The van der Waals surface area contributed by atoms with E-state index >= 15 is 0 Å². The van der Waals surface area contributed by atoms with E-state index in [1.165, 1.54) is 32.4 Å². The quantitative estimate of drug-likeness (QED) is 0.302. The topological polar surface area (TPSA) is 87.9 Å². The molecule has 0 N–H and O–H groups in total. The molecular weight excluding hydrogens is 386 g/mol. The van der Waals surface area contributed by atoms with Gasteiger partial charge in [0.1, 0.15) is 5.76 Å². The molecule has 156 valence electrons. The van der Waals surface area contributed by atoms with Crippen LogP contribution in [-0.2, 0) is 14.9 Å². The van der Waals surface area contributed by atoms with Crippen LogP contribution < -0.4 is 9.47 Å². The van der Waals surface area contributed by atoms with Crippen LogP contribution in [0.1, 0.15) is 37.5 Å². The fourth-order valence-electron chi connectivity index (χ4n) is 3.09. The summed E-state index contributed by atoms with van der Waals surface area (Å²) in [5, 5.41) is 11.5. The second-order valence-electron chi connectivity index (χ2n) is 7.85. The third-order valence-corrected chi connectivity index (χ3v) is 4.80. The van der Waals surface area contributed by atoms with Crippen LogP contribution in [0.3, 0.4) is 0 Å². The molecule has 1 heterocycles. The average Bonchev–Trinajstić information content (AvgIpc) is 3.07. The number of nitrogens with zero attached hydrogens (tertiary/aromatic N) is 1. The highest BCUT2D eigenvalue weighted by Gasteiger charge is 2.25. The monoisotopic (exact) mass is 409 g/mol. The number of cyclic esters (lactones) is 1. The predicted octanol–water partition coefficient (Wildman–Crippen LogP) is 4.89. The normalized spacial score (nSPS) is 15.0. The van der Waals surface area contributed by atoms with Gasteiger partial charge in [0.2, 0.25) is 0 Å². The Kier molecular flexibility index (Phi) is 5.64. The molecule has 0 aromatic heterocycles. The maximum absolute atomic E-state index is 12.4. The smallest absolute Gasteiger partial charge is 0.343 e. The maximum Gasteiger partial charge on any atom is 0.343 e. The van der Waals surface area contributed by atoms with Crippen molar-refractivity contribution in [3.63, 3.8) is 0 Å². The molecule has 0 bridgehead atoms. The number of nitro benzene ring substituents is 1. The van der Waals surface area contributed by atoms with Crippen LogP contribution in [0.4, 0.5) is 5.69 Å². The summed E-state index contributed by atoms with van der Waals surface area (Å²) in [7, 11) is 2.83. The Bertz CT molecular complexity index is 1060. The molecule has 7 nitrogen and oxygen atoms in total. The van der Waals surface area contributed by atoms with E-state index in [0.29, 0.717) is 11.5 Å². The Morgan fingerprint density at radius 1 is 1.03 bits per heavy atom. The first-order chi connectivity index (χ1) is 14.1. The van der Waals surface area contributed by atoms with Gasteiger partial charge in [-0.3, -0.25) is 10.1 Å². The number of esters is 1. The van der Waals surface area contributed by atoms with Gasteiger partial charge in [-0.1, -0.05) is 45.0 Å². The van der Waals surface area contributed by atoms with Crippen LogP contribution in [0.15, 0.2) is 48.0 Å². The standard InChI is InChI=1S/C23H23NO6/c1-23(2,3)17-8-6-14(7-9-17)19-12-16(22(25)30-19)10-15-11-20(28-4)21(29-5)13-18(15)24(26)27/h6-13H,1-5H3/b16-10-. The number of hydrogen-bond acceptors (Lipinski definition) is 6. The third-order valence-electron chi connectivity index (χ3n) is 4.80. The molecule has 3 rings (SSSR count). The lowest BCUT2D eigenvalue weighted by molar-refractivity contribution is -0.385. The number of methoxy groups -OCH3 is 2. The predicted molar refractivity (Wildman–Crippen MR) is 113 cm³/mol. The minimum absolute atomic E-state index is 0.0106. The molecule has 0 saturated carbocycles. The molecule has 0 atom stereocenters. The van der Waals surface area contributed by atoms with E-state index in [-0.39, 0.29) is 28.0 Å². The lowest BCUT2D eigenvalue weighted by atomic mass is 9.86.